The molecule has 4 rings (SSSR count). The summed E-state index contributed by atoms with van der Waals surface area (Å²) in [6.07, 6.45) is 0. The van der Waals surface area contributed by atoms with E-state index in [0.29, 0.717) is 37.9 Å². The molecule has 0 bridgehead atoms. The number of tetrazole rings is 1. The summed E-state index contributed by atoms with van der Waals surface area (Å²) in [5.41, 5.74) is 2.08. The van der Waals surface area contributed by atoms with E-state index in [1.54, 1.807) is 23.6 Å². The molecule has 0 radical (unpaired) electrons. The number of ether oxygens (including phenoxy) is 4. The largest absolute Gasteiger partial charge is 0.493 e. The van der Waals surface area contributed by atoms with Crippen LogP contribution in [0.1, 0.15) is 11.1 Å². The number of thioether (sulfide) groups is 1. The van der Waals surface area contributed by atoms with Crippen LogP contribution in [0.5, 0.6) is 23.0 Å². The highest BCUT2D eigenvalue weighted by atomic mass is 79.9. The number of nitrogens with zero attached hydrogens (tertiary/aromatic N) is 4. The van der Waals surface area contributed by atoms with Crippen molar-refractivity contribution in [2.45, 2.75) is 18.3 Å². The van der Waals surface area contributed by atoms with Crippen molar-refractivity contribution < 1.29 is 18.9 Å². The van der Waals surface area contributed by atoms with Crippen LogP contribution in [0.4, 0.5) is 0 Å². The lowest BCUT2D eigenvalue weighted by atomic mass is 10.2. The van der Waals surface area contributed by atoms with E-state index in [1.807, 2.05) is 37.4 Å². The van der Waals surface area contributed by atoms with Crippen LogP contribution in [0.2, 0.25) is 0 Å². The van der Waals surface area contributed by atoms with Gasteiger partial charge in [-0.2, -0.15) is 0 Å². The molecule has 0 unspecified atom stereocenters. The molecular formula is C21H24BrN5O4S. The Labute approximate surface area is 198 Å². The number of aromatic nitrogens is 4. The van der Waals surface area contributed by atoms with Gasteiger partial charge in [-0.25, -0.2) is 4.68 Å². The second kappa shape index (κ2) is 10.9. The Morgan fingerprint density at radius 2 is 2.00 bits per heavy atom. The molecule has 0 saturated carbocycles. The number of nitrogens with one attached hydrogen (secondary N) is 1. The molecule has 3 aromatic rings. The average Bonchev–Trinajstić information content (AvgIpc) is 3.22. The Morgan fingerprint density at radius 3 is 2.78 bits per heavy atom. The van der Waals surface area contributed by atoms with Crippen molar-refractivity contribution in [1.29, 1.82) is 0 Å². The third-order valence-electron chi connectivity index (χ3n) is 4.70. The molecule has 11 heteroatoms. The quantitative estimate of drug-likeness (QED) is 0.318. The van der Waals surface area contributed by atoms with Crippen molar-refractivity contribution in [3.63, 3.8) is 0 Å². The lowest BCUT2D eigenvalue weighted by molar-refractivity contribution is 0.171. The van der Waals surface area contributed by atoms with Gasteiger partial charge >= 0.3 is 0 Å². The number of benzene rings is 2. The van der Waals surface area contributed by atoms with Gasteiger partial charge in [-0.3, -0.25) is 0 Å². The number of hydrogen-bond acceptors (Lipinski definition) is 9. The van der Waals surface area contributed by atoms with Crippen LogP contribution in [-0.2, 0) is 20.2 Å². The molecule has 0 amide bonds. The molecule has 0 aliphatic carbocycles. The second-order valence-corrected chi connectivity index (χ2v) is 8.90. The summed E-state index contributed by atoms with van der Waals surface area (Å²) in [5.74, 6) is 3.72. The smallest absolute Gasteiger partial charge is 0.209 e. The number of hydrogen-bond donors (Lipinski definition) is 1. The summed E-state index contributed by atoms with van der Waals surface area (Å²) >= 11 is 5.23. The molecule has 9 nitrogen and oxygen atoms in total. The van der Waals surface area contributed by atoms with Crippen molar-refractivity contribution in [2.75, 3.05) is 32.6 Å². The molecule has 32 heavy (non-hydrogen) atoms. The Balaban J connectivity index is 1.32. The summed E-state index contributed by atoms with van der Waals surface area (Å²) in [6.45, 7) is 3.04. The van der Waals surface area contributed by atoms with Crippen LogP contribution in [0.3, 0.4) is 0 Å². The zero-order valence-corrected chi connectivity index (χ0v) is 20.2. The molecule has 1 aromatic heterocycles. The lowest BCUT2D eigenvalue weighted by Crippen LogP contribution is -2.17. The highest BCUT2D eigenvalue weighted by Crippen LogP contribution is 2.38. The Kier molecular flexibility index (Phi) is 7.72. The van der Waals surface area contributed by atoms with E-state index in [9.17, 15) is 0 Å². The molecule has 2 heterocycles. The van der Waals surface area contributed by atoms with E-state index in [4.69, 9.17) is 18.9 Å². The standard InChI is InChI=1S/C21H24BrN5O4S/c1-27-21(24-25-26-27)32-8-5-23-12-15-9-16(22)20(19(11-15)28-2)31-13-14-3-4-17-18(10-14)30-7-6-29-17/h3-4,9-11,23H,5-8,12-13H2,1-2H3. The number of rotatable bonds is 10. The van der Waals surface area contributed by atoms with Gasteiger partial charge in [0, 0.05) is 25.9 Å². The van der Waals surface area contributed by atoms with Crippen molar-refractivity contribution in [3.05, 3.63) is 45.9 Å². The van der Waals surface area contributed by atoms with Gasteiger partial charge < -0.3 is 24.3 Å². The minimum absolute atomic E-state index is 0.386. The fourth-order valence-corrected chi connectivity index (χ4v) is 4.49. The Hall–Kier alpha value is -2.50. The highest BCUT2D eigenvalue weighted by molar-refractivity contribution is 9.10. The Bertz CT molecular complexity index is 1060. The molecule has 1 N–H and O–H groups in total. The summed E-state index contributed by atoms with van der Waals surface area (Å²) in [4.78, 5) is 0. The first-order valence-corrected chi connectivity index (χ1v) is 11.9. The predicted octanol–water partition coefficient (Wildman–Crippen LogP) is 3.21. The van der Waals surface area contributed by atoms with Crippen LogP contribution >= 0.6 is 27.7 Å². The van der Waals surface area contributed by atoms with Gasteiger partial charge in [0.05, 0.1) is 11.6 Å². The molecule has 0 spiro atoms. The van der Waals surface area contributed by atoms with Gasteiger partial charge in [-0.15, -0.1) is 5.10 Å². The fraction of sp³-hybridized carbons (Fsp3) is 0.381. The topological polar surface area (TPSA) is 92.6 Å². The normalized spacial score (nSPS) is 12.6. The Morgan fingerprint density at radius 1 is 1.16 bits per heavy atom. The minimum atomic E-state index is 0.386. The third kappa shape index (κ3) is 5.64. The van der Waals surface area contributed by atoms with E-state index in [2.05, 4.69) is 36.8 Å². The van der Waals surface area contributed by atoms with E-state index >= 15 is 0 Å². The van der Waals surface area contributed by atoms with Crippen LogP contribution in [-0.4, -0.2) is 52.8 Å². The van der Waals surface area contributed by atoms with Crippen LogP contribution in [0.15, 0.2) is 40.0 Å². The van der Waals surface area contributed by atoms with Crippen LogP contribution in [0, 0.1) is 0 Å². The van der Waals surface area contributed by atoms with E-state index in [1.165, 1.54) is 0 Å². The van der Waals surface area contributed by atoms with E-state index in [-0.39, 0.29) is 0 Å². The minimum Gasteiger partial charge on any atom is -0.493 e. The molecule has 170 valence electrons. The molecule has 0 atom stereocenters. The van der Waals surface area contributed by atoms with Crippen molar-refractivity contribution in [1.82, 2.24) is 25.5 Å². The number of halogens is 1. The zero-order valence-electron chi connectivity index (χ0n) is 17.8. The lowest BCUT2D eigenvalue weighted by Gasteiger charge is -2.19. The summed E-state index contributed by atoms with van der Waals surface area (Å²) in [6, 6.07) is 9.85. The zero-order chi connectivity index (χ0) is 22.3. The van der Waals surface area contributed by atoms with Gasteiger partial charge in [0.15, 0.2) is 23.0 Å². The first kappa shape index (κ1) is 22.7. The first-order chi connectivity index (χ1) is 15.6. The number of aryl methyl sites for hydroxylation is 1. The average molecular weight is 522 g/mol. The van der Waals surface area contributed by atoms with Crippen molar-refractivity contribution >= 4 is 27.7 Å². The monoisotopic (exact) mass is 521 g/mol. The molecule has 1 aliphatic rings. The third-order valence-corrected chi connectivity index (χ3v) is 6.30. The first-order valence-electron chi connectivity index (χ1n) is 10.1. The molecule has 0 fully saturated rings. The van der Waals surface area contributed by atoms with Crippen LogP contribution in [0.25, 0.3) is 0 Å². The van der Waals surface area contributed by atoms with Gasteiger partial charge in [0.2, 0.25) is 5.16 Å². The summed E-state index contributed by atoms with van der Waals surface area (Å²) < 4.78 is 25.4. The van der Waals surface area contributed by atoms with Crippen LogP contribution < -0.4 is 24.3 Å². The number of methoxy groups -OCH3 is 1. The van der Waals surface area contributed by atoms with Gasteiger partial charge in [0.1, 0.15) is 19.8 Å². The van der Waals surface area contributed by atoms with Gasteiger partial charge in [-0.05, 0) is 61.7 Å². The van der Waals surface area contributed by atoms with Crippen molar-refractivity contribution in [2.24, 2.45) is 7.05 Å². The maximum Gasteiger partial charge on any atom is 0.209 e. The highest BCUT2D eigenvalue weighted by Gasteiger charge is 2.15. The van der Waals surface area contributed by atoms with E-state index in [0.717, 1.165) is 44.6 Å². The molecule has 0 saturated heterocycles. The summed E-state index contributed by atoms with van der Waals surface area (Å²) in [7, 11) is 3.47. The second-order valence-electron chi connectivity index (χ2n) is 6.99. The molecule has 2 aromatic carbocycles. The maximum atomic E-state index is 6.07. The van der Waals surface area contributed by atoms with Gasteiger partial charge in [0.25, 0.3) is 0 Å². The molecule has 1 aliphatic heterocycles. The maximum absolute atomic E-state index is 6.07. The fourth-order valence-electron chi connectivity index (χ4n) is 3.14. The van der Waals surface area contributed by atoms with Crippen molar-refractivity contribution in [3.8, 4) is 23.0 Å². The molecular weight excluding hydrogens is 498 g/mol. The van der Waals surface area contributed by atoms with E-state index < -0.39 is 0 Å². The summed E-state index contributed by atoms with van der Waals surface area (Å²) in [5, 5.41) is 15.7. The van der Waals surface area contributed by atoms with Gasteiger partial charge in [-0.1, -0.05) is 17.8 Å². The number of fused-ring (bicyclic) bond motifs is 1. The SMILES string of the molecule is COc1cc(CNCCSc2nnnn2C)cc(Br)c1OCc1ccc2c(c1)OCCO2. The predicted molar refractivity (Wildman–Crippen MR) is 124 cm³/mol.